The molecule has 1 aliphatic carbocycles. The highest BCUT2D eigenvalue weighted by atomic mass is 16.5. The SMILES string of the molecule is CC(C)(C)CC(=O)NCCCC[C@H]1CC(=O)N2CC[C@@H](NC3CCCC3)C[C@H]2C(=O)NCC2(CCOCC2)C(=O)N1. The van der Waals surface area contributed by atoms with Gasteiger partial charge in [0.25, 0.3) is 0 Å². The molecule has 10 nitrogen and oxygen atoms in total. The first-order chi connectivity index (χ1) is 19.5. The van der Waals surface area contributed by atoms with Crippen molar-refractivity contribution in [1.29, 1.82) is 0 Å². The van der Waals surface area contributed by atoms with Crippen LogP contribution in [0.15, 0.2) is 0 Å². The Morgan fingerprint density at radius 3 is 2.49 bits per heavy atom. The van der Waals surface area contributed by atoms with Crippen LogP contribution in [0.4, 0.5) is 0 Å². The quantitative estimate of drug-likeness (QED) is 0.329. The molecule has 4 aliphatic rings. The minimum Gasteiger partial charge on any atom is -0.381 e. The van der Waals surface area contributed by atoms with Crippen molar-refractivity contribution in [3.63, 3.8) is 0 Å². The molecule has 1 spiro atoms. The maximum atomic E-state index is 13.7. The number of carbonyl (C=O) groups is 4. The number of nitrogens with one attached hydrogen (secondary N) is 4. The second kappa shape index (κ2) is 14.3. The fourth-order valence-electron chi connectivity index (χ4n) is 6.89. The molecule has 0 radical (unpaired) electrons. The maximum Gasteiger partial charge on any atom is 0.242 e. The van der Waals surface area contributed by atoms with E-state index in [1.165, 1.54) is 25.7 Å². The predicted molar refractivity (Wildman–Crippen MR) is 157 cm³/mol. The van der Waals surface area contributed by atoms with Crippen LogP contribution in [0.25, 0.3) is 0 Å². The van der Waals surface area contributed by atoms with E-state index in [9.17, 15) is 19.2 Å². The average molecular weight is 576 g/mol. The van der Waals surface area contributed by atoms with Gasteiger partial charge in [-0.05, 0) is 63.2 Å². The van der Waals surface area contributed by atoms with Crippen molar-refractivity contribution in [3.05, 3.63) is 0 Å². The van der Waals surface area contributed by atoms with E-state index < -0.39 is 11.5 Å². The van der Waals surface area contributed by atoms with Crippen LogP contribution in [-0.4, -0.2) is 85.5 Å². The van der Waals surface area contributed by atoms with E-state index in [0.717, 1.165) is 19.3 Å². The Bertz CT molecular complexity index is 922. The van der Waals surface area contributed by atoms with E-state index in [4.69, 9.17) is 4.74 Å². The zero-order valence-corrected chi connectivity index (χ0v) is 25.5. The third-order valence-electron chi connectivity index (χ3n) is 9.33. The lowest BCUT2D eigenvalue weighted by atomic mass is 9.78. The fourth-order valence-corrected chi connectivity index (χ4v) is 6.89. The van der Waals surface area contributed by atoms with Crippen molar-refractivity contribution in [2.24, 2.45) is 10.8 Å². The molecular weight excluding hydrogens is 522 g/mol. The predicted octanol–water partition coefficient (Wildman–Crippen LogP) is 2.40. The molecule has 1 saturated carbocycles. The summed E-state index contributed by atoms with van der Waals surface area (Å²) in [5, 5.41) is 13.1. The summed E-state index contributed by atoms with van der Waals surface area (Å²) in [7, 11) is 0. The van der Waals surface area contributed by atoms with Crippen molar-refractivity contribution < 1.29 is 23.9 Å². The molecule has 3 atom stereocenters. The molecule has 4 N–H and O–H groups in total. The van der Waals surface area contributed by atoms with E-state index in [1.54, 1.807) is 4.90 Å². The molecule has 232 valence electrons. The Labute approximate surface area is 245 Å². The third-order valence-corrected chi connectivity index (χ3v) is 9.33. The highest BCUT2D eigenvalue weighted by molar-refractivity contribution is 5.90. The van der Waals surface area contributed by atoms with Crippen LogP contribution in [-0.2, 0) is 23.9 Å². The molecule has 4 amide bonds. The summed E-state index contributed by atoms with van der Waals surface area (Å²) in [5.74, 6) is -0.278. The van der Waals surface area contributed by atoms with Gasteiger partial charge in [-0.2, -0.15) is 0 Å². The molecule has 3 heterocycles. The molecule has 0 aromatic heterocycles. The lowest BCUT2D eigenvalue weighted by Gasteiger charge is -2.40. The smallest absolute Gasteiger partial charge is 0.242 e. The van der Waals surface area contributed by atoms with Crippen molar-refractivity contribution in [2.45, 2.75) is 128 Å². The number of hydrogen-bond donors (Lipinski definition) is 4. The first-order valence-corrected chi connectivity index (χ1v) is 16.0. The van der Waals surface area contributed by atoms with Crippen LogP contribution in [0, 0.1) is 10.8 Å². The van der Waals surface area contributed by atoms with Crippen LogP contribution in [0.2, 0.25) is 0 Å². The van der Waals surface area contributed by atoms with E-state index in [2.05, 4.69) is 21.3 Å². The molecule has 0 aromatic carbocycles. The Kier molecular flexibility index (Phi) is 11.1. The Morgan fingerprint density at radius 2 is 1.78 bits per heavy atom. The molecule has 3 saturated heterocycles. The summed E-state index contributed by atoms with van der Waals surface area (Å²) in [4.78, 5) is 54.9. The minimum atomic E-state index is -0.735. The Hall–Kier alpha value is -2.20. The summed E-state index contributed by atoms with van der Waals surface area (Å²) in [6.07, 6.45) is 10.2. The summed E-state index contributed by atoms with van der Waals surface area (Å²) in [5.41, 5.74) is -0.791. The standard InChI is InChI=1S/C31H53N5O5/c1-30(2,3)20-26(37)32-14-7-6-10-23-19-27(38)36-15-11-24(34-22-8-4-5-9-22)18-25(36)28(39)33-21-31(29(40)35-23)12-16-41-17-13-31/h22-25,34H,4-21H2,1-3H3,(H,32,37)(H,33,39)(H,35,40)/t23-,24+,25-/m0/s1. The van der Waals surface area contributed by atoms with Gasteiger partial charge in [0.1, 0.15) is 6.04 Å². The average Bonchev–Trinajstić information content (AvgIpc) is 3.43. The lowest BCUT2D eigenvalue weighted by molar-refractivity contribution is -0.143. The number of amides is 4. The van der Waals surface area contributed by atoms with Gasteiger partial charge in [0.15, 0.2) is 0 Å². The number of fused-ring (bicyclic) bond motifs is 1. The van der Waals surface area contributed by atoms with E-state index in [-0.39, 0.29) is 54.1 Å². The summed E-state index contributed by atoms with van der Waals surface area (Å²) >= 11 is 0. The Morgan fingerprint density at radius 1 is 1.05 bits per heavy atom. The molecule has 3 aliphatic heterocycles. The van der Waals surface area contributed by atoms with Crippen molar-refractivity contribution >= 4 is 23.6 Å². The number of hydrogen-bond acceptors (Lipinski definition) is 6. The first kappa shape index (κ1) is 31.7. The van der Waals surface area contributed by atoms with E-state index >= 15 is 0 Å². The molecule has 10 heteroatoms. The van der Waals surface area contributed by atoms with Gasteiger partial charge in [0.2, 0.25) is 23.6 Å². The normalized spacial score (nSPS) is 28.0. The fraction of sp³-hybridized carbons (Fsp3) is 0.871. The maximum absolute atomic E-state index is 13.7. The number of piperidine rings is 1. The number of nitrogens with zero attached hydrogens (tertiary/aromatic N) is 1. The van der Waals surface area contributed by atoms with Gasteiger partial charge in [-0.1, -0.05) is 33.6 Å². The van der Waals surface area contributed by atoms with Gasteiger partial charge < -0.3 is 30.9 Å². The summed E-state index contributed by atoms with van der Waals surface area (Å²) < 4.78 is 5.58. The van der Waals surface area contributed by atoms with Crippen LogP contribution in [0.5, 0.6) is 0 Å². The van der Waals surface area contributed by atoms with Gasteiger partial charge in [0.05, 0.1) is 5.41 Å². The summed E-state index contributed by atoms with van der Waals surface area (Å²) in [6, 6.07) is -0.130. The van der Waals surface area contributed by atoms with E-state index in [1.807, 2.05) is 20.8 Å². The van der Waals surface area contributed by atoms with Gasteiger partial charge in [-0.15, -0.1) is 0 Å². The molecule has 0 bridgehead atoms. The topological polar surface area (TPSA) is 129 Å². The molecule has 0 unspecified atom stereocenters. The van der Waals surface area contributed by atoms with Crippen molar-refractivity contribution in [2.75, 3.05) is 32.8 Å². The molecule has 4 fully saturated rings. The molecule has 0 aromatic rings. The van der Waals surface area contributed by atoms with Gasteiger partial charge in [0, 0.05) is 63.8 Å². The number of ether oxygens (including phenoxy) is 1. The zero-order chi connectivity index (χ0) is 29.5. The van der Waals surface area contributed by atoms with Crippen LogP contribution >= 0.6 is 0 Å². The second-order valence-electron chi connectivity index (χ2n) is 14.0. The molecular formula is C31H53N5O5. The van der Waals surface area contributed by atoms with Crippen LogP contribution in [0.3, 0.4) is 0 Å². The van der Waals surface area contributed by atoms with Gasteiger partial charge >= 0.3 is 0 Å². The van der Waals surface area contributed by atoms with Crippen LogP contribution in [0.1, 0.15) is 104 Å². The number of carbonyl (C=O) groups excluding carboxylic acids is 4. The highest BCUT2D eigenvalue weighted by Gasteiger charge is 2.44. The minimum absolute atomic E-state index is 0.0476. The monoisotopic (exact) mass is 575 g/mol. The largest absolute Gasteiger partial charge is 0.381 e. The third kappa shape index (κ3) is 9.14. The number of rotatable bonds is 8. The first-order valence-electron chi connectivity index (χ1n) is 16.0. The van der Waals surface area contributed by atoms with Crippen molar-refractivity contribution in [3.8, 4) is 0 Å². The van der Waals surface area contributed by atoms with Crippen molar-refractivity contribution in [1.82, 2.24) is 26.2 Å². The molecule has 4 rings (SSSR count). The Balaban J connectivity index is 1.42. The summed E-state index contributed by atoms with van der Waals surface area (Å²) in [6.45, 7) is 8.46. The zero-order valence-electron chi connectivity index (χ0n) is 25.5. The van der Waals surface area contributed by atoms with Crippen LogP contribution < -0.4 is 21.3 Å². The van der Waals surface area contributed by atoms with E-state index in [0.29, 0.717) is 64.4 Å². The second-order valence-corrected chi connectivity index (χ2v) is 14.0. The molecule has 41 heavy (non-hydrogen) atoms. The lowest BCUT2D eigenvalue weighted by Crippen LogP contribution is -2.58. The number of unbranched alkanes of at least 4 members (excludes halogenated alkanes) is 1. The van der Waals surface area contributed by atoms with Gasteiger partial charge in [-0.25, -0.2) is 0 Å². The van der Waals surface area contributed by atoms with Gasteiger partial charge in [-0.3, -0.25) is 19.2 Å². The highest BCUT2D eigenvalue weighted by Crippen LogP contribution is 2.32.